The van der Waals surface area contributed by atoms with Crippen molar-refractivity contribution in [2.75, 3.05) is 23.3 Å². The molecule has 9 heteroatoms. The lowest BCUT2D eigenvalue weighted by molar-refractivity contribution is -0.138. The summed E-state index contributed by atoms with van der Waals surface area (Å²) in [5.41, 5.74) is 3.77. The Labute approximate surface area is 301 Å². The van der Waals surface area contributed by atoms with E-state index in [2.05, 4.69) is 30.7 Å². The molecule has 4 nitrogen and oxygen atoms in total. The Hall–Kier alpha value is -3.72. The molecule has 2 aromatic rings. The van der Waals surface area contributed by atoms with Gasteiger partial charge in [-0.3, -0.25) is 4.99 Å². The molecular weight excluding hydrogens is 659 g/mol. The first-order valence-electron chi connectivity index (χ1n) is 17.4. The number of piperidine rings is 1. The van der Waals surface area contributed by atoms with E-state index in [0.29, 0.717) is 30.4 Å². The Morgan fingerprint density at radius 2 is 1.90 bits per heavy atom. The second-order valence-electron chi connectivity index (χ2n) is 13.5. The van der Waals surface area contributed by atoms with E-state index in [1.54, 1.807) is 12.3 Å². The number of hydrogen-bond acceptors (Lipinski definition) is 5. The molecule has 3 rings (SSSR count). The monoisotopic (exact) mass is 711 g/mol. The third-order valence-electron chi connectivity index (χ3n) is 8.53. The number of aliphatic imine (C=N–C) groups is 1. The Balaban J connectivity index is 2.05. The standard InChI is InChI=1S/C41H53F4N3OS/c1-10-14-29(7)23-32-15-13-22-48(25-32)39-36(18-19-37(38(39)41(43,44)45)49-35-17-12-16-34(42)24-35)47-31(9)30(8)26-50-40(27(3)4)33(11-2)20-21-46-28(5)6/h11-12,16-21,24,26,29,32,47H,9-10,13-15,22-23,25H2,1-8H3/b21-20+,30-26+,33-11+/t29?,32-/m0/s1. The van der Waals surface area contributed by atoms with Crippen LogP contribution >= 0.6 is 11.8 Å². The second-order valence-corrected chi connectivity index (χ2v) is 14.3. The van der Waals surface area contributed by atoms with Crippen LogP contribution in [-0.2, 0) is 6.18 Å². The minimum atomic E-state index is -4.75. The van der Waals surface area contributed by atoms with Crippen molar-refractivity contribution in [3.8, 4) is 11.5 Å². The van der Waals surface area contributed by atoms with Gasteiger partial charge >= 0.3 is 6.18 Å². The summed E-state index contributed by atoms with van der Waals surface area (Å²) in [5.74, 6) is -0.220. The third kappa shape index (κ3) is 12.0. The molecule has 50 heavy (non-hydrogen) atoms. The maximum absolute atomic E-state index is 15.2. The van der Waals surface area contributed by atoms with Crippen LogP contribution in [-0.4, -0.2) is 18.8 Å². The molecule has 0 aromatic heterocycles. The first-order chi connectivity index (χ1) is 23.6. The van der Waals surface area contributed by atoms with Crippen LogP contribution in [0.25, 0.3) is 0 Å². The van der Waals surface area contributed by atoms with Crippen molar-refractivity contribution in [2.45, 2.75) is 93.7 Å². The molecule has 2 aromatic carbocycles. The summed E-state index contributed by atoms with van der Waals surface area (Å²) in [6, 6.07) is 8.07. The van der Waals surface area contributed by atoms with Crippen LogP contribution < -0.4 is 15.0 Å². The van der Waals surface area contributed by atoms with E-state index >= 15 is 13.2 Å². The minimum Gasteiger partial charge on any atom is -0.457 e. The van der Waals surface area contributed by atoms with Gasteiger partial charge in [0.2, 0.25) is 0 Å². The molecule has 1 fully saturated rings. The molecule has 1 unspecified atom stereocenters. The largest absolute Gasteiger partial charge is 0.457 e. The summed E-state index contributed by atoms with van der Waals surface area (Å²) in [5, 5.41) is 5.20. The van der Waals surface area contributed by atoms with Crippen LogP contribution in [0.2, 0.25) is 0 Å². The first kappa shape index (κ1) is 40.7. The van der Waals surface area contributed by atoms with Gasteiger partial charge in [0.15, 0.2) is 0 Å². The number of thioether (sulfide) groups is 1. The van der Waals surface area contributed by atoms with Gasteiger partial charge in [-0.2, -0.15) is 13.2 Å². The van der Waals surface area contributed by atoms with Gasteiger partial charge in [0.05, 0.1) is 11.4 Å². The van der Waals surface area contributed by atoms with Crippen molar-refractivity contribution in [1.29, 1.82) is 0 Å². The lowest BCUT2D eigenvalue weighted by Crippen LogP contribution is -2.37. The maximum atomic E-state index is 15.2. The van der Waals surface area contributed by atoms with Crippen molar-refractivity contribution in [2.24, 2.45) is 16.8 Å². The number of allylic oxidation sites excluding steroid dienone is 5. The van der Waals surface area contributed by atoms with Gasteiger partial charge in [0.25, 0.3) is 0 Å². The van der Waals surface area contributed by atoms with Crippen LogP contribution in [0.1, 0.15) is 93.1 Å². The molecular formula is C41H53F4N3OS. The quantitative estimate of drug-likeness (QED) is 0.113. The van der Waals surface area contributed by atoms with Gasteiger partial charge in [-0.15, -0.1) is 0 Å². The van der Waals surface area contributed by atoms with Gasteiger partial charge in [0.1, 0.15) is 22.9 Å². The highest BCUT2D eigenvalue weighted by Gasteiger charge is 2.41. The molecule has 0 amide bonds. The Morgan fingerprint density at radius 3 is 2.52 bits per heavy atom. The van der Waals surface area contributed by atoms with Crippen LogP contribution in [0.4, 0.5) is 28.9 Å². The van der Waals surface area contributed by atoms with Gasteiger partial charge in [-0.05, 0) is 120 Å². The number of benzene rings is 2. The highest BCUT2D eigenvalue weighted by Crippen LogP contribution is 2.49. The van der Waals surface area contributed by atoms with E-state index in [1.165, 1.54) is 36.0 Å². The molecule has 1 heterocycles. The minimum absolute atomic E-state index is 0.00525. The van der Waals surface area contributed by atoms with Crippen molar-refractivity contribution < 1.29 is 22.3 Å². The predicted octanol–water partition coefficient (Wildman–Crippen LogP) is 13.5. The molecule has 0 spiro atoms. The Kier molecular flexibility index (Phi) is 15.5. The molecule has 0 radical (unpaired) electrons. The van der Waals surface area contributed by atoms with Gasteiger partial charge in [0, 0.05) is 41.7 Å². The number of halogens is 4. The van der Waals surface area contributed by atoms with E-state index in [-0.39, 0.29) is 23.1 Å². The van der Waals surface area contributed by atoms with E-state index in [1.807, 2.05) is 64.0 Å². The zero-order chi connectivity index (χ0) is 37.0. The van der Waals surface area contributed by atoms with Gasteiger partial charge < -0.3 is 15.0 Å². The molecule has 0 bridgehead atoms. The normalized spacial score (nSPS) is 16.3. The number of hydrogen-bond donors (Lipinski definition) is 1. The smallest absolute Gasteiger partial charge is 0.422 e. The zero-order valence-electron chi connectivity index (χ0n) is 30.8. The van der Waals surface area contributed by atoms with Crippen molar-refractivity contribution in [1.82, 2.24) is 0 Å². The number of alkyl halides is 3. The summed E-state index contributed by atoms with van der Waals surface area (Å²) in [6.45, 7) is 21.4. The lowest BCUT2D eigenvalue weighted by Gasteiger charge is -2.38. The molecule has 2 atom stereocenters. The topological polar surface area (TPSA) is 36.9 Å². The van der Waals surface area contributed by atoms with E-state index in [4.69, 9.17) is 4.74 Å². The number of nitrogens with one attached hydrogen (secondary N) is 1. The van der Waals surface area contributed by atoms with Crippen molar-refractivity contribution in [3.05, 3.63) is 105 Å². The number of nitrogens with zero attached hydrogens (tertiary/aromatic N) is 2. The first-order valence-corrected chi connectivity index (χ1v) is 18.3. The SMILES string of the molecule is C=C(Nc1ccc(Oc2cccc(F)c2)c(C(F)(F)F)c1N1CCC[C@@H](CC(C)CCC)C1)/C(C)=C/SC(=C(C)C)C(/C=C/N=C(C)C)=C/C. The summed E-state index contributed by atoms with van der Waals surface area (Å²) in [7, 11) is 0. The number of anilines is 2. The van der Waals surface area contributed by atoms with Crippen LogP contribution in [0.5, 0.6) is 11.5 Å². The lowest BCUT2D eigenvalue weighted by atomic mass is 9.86. The number of rotatable bonds is 15. The van der Waals surface area contributed by atoms with Crippen LogP contribution in [0.3, 0.4) is 0 Å². The molecule has 272 valence electrons. The highest BCUT2D eigenvalue weighted by atomic mass is 32.2. The van der Waals surface area contributed by atoms with E-state index in [9.17, 15) is 4.39 Å². The van der Waals surface area contributed by atoms with Gasteiger partial charge in [-0.25, -0.2) is 4.39 Å². The molecule has 1 saturated heterocycles. The second kappa shape index (κ2) is 19.0. The van der Waals surface area contributed by atoms with E-state index < -0.39 is 17.6 Å². The number of ether oxygens (including phenoxy) is 1. The Bertz CT molecular complexity index is 1630. The summed E-state index contributed by atoms with van der Waals surface area (Å²) < 4.78 is 65.3. The average molecular weight is 712 g/mol. The molecule has 0 saturated carbocycles. The van der Waals surface area contributed by atoms with Gasteiger partial charge in [-0.1, -0.05) is 62.7 Å². The van der Waals surface area contributed by atoms with E-state index in [0.717, 1.165) is 65.5 Å². The fraction of sp³-hybridized carbons (Fsp3) is 0.439. The summed E-state index contributed by atoms with van der Waals surface area (Å²) >= 11 is 1.53. The highest BCUT2D eigenvalue weighted by molar-refractivity contribution is 8.06. The Morgan fingerprint density at radius 1 is 1.16 bits per heavy atom. The average Bonchev–Trinajstić information content (AvgIpc) is 3.03. The van der Waals surface area contributed by atoms with Crippen LogP contribution in [0, 0.1) is 17.7 Å². The summed E-state index contributed by atoms with van der Waals surface area (Å²) in [6.07, 6.45) is 5.89. The predicted molar refractivity (Wildman–Crippen MR) is 206 cm³/mol. The molecule has 1 N–H and O–H groups in total. The third-order valence-corrected chi connectivity index (χ3v) is 9.88. The summed E-state index contributed by atoms with van der Waals surface area (Å²) in [4.78, 5) is 7.27. The van der Waals surface area contributed by atoms with Crippen LogP contribution in [0.15, 0.2) is 99.1 Å². The van der Waals surface area contributed by atoms with Crippen molar-refractivity contribution >= 4 is 28.8 Å². The maximum Gasteiger partial charge on any atom is 0.422 e. The fourth-order valence-electron chi connectivity index (χ4n) is 6.18. The fourth-order valence-corrected chi connectivity index (χ4v) is 7.18. The molecule has 0 aliphatic carbocycles. The van der Waals surface area contributed by atoms with Crippen molar-refractivity contribution in [3.63, 3.8) is 0 Å². The zero-order valence-corrected chi connectivity index (χ0v) is 31.6. The molecule has 1 aliphatic heterocycles. The molecule has 1 aliphatic rings.